The second-order valence-electron chi connectivity index (χ2n) is 13.8. The second-order valence-corrected chi connectivity index (χ2v) is 16.0. The Labute approximate surface area is 301 Å². The first-order valence-electron chi connectivity index (χ1n) is 17.8. The van der Waals surface area contributed by atoms with Gasteiger partial charge >= 0.3 is 17.9 Å². The lowest BCUT2D eigenvalue weighted by Crippen LogP contribution is -2.54. The Morgan fingerprint density at radius 3 is 1.94 bits per heavy atom. The van der Waals surface area contributed by atoms with Gasteiger partial charge in [0, 0.05) is 12.8 Å². The van der Waals surface area contributed by atoms with Crippen LogP contribution < -0.4 is 15.5 Å². The van der Waals surface area contributed by atoms with Crippen molar-refractivity contribution in [3.8, 4) is 0 Å². The second kappa shape index (κ2) is 21.2. The van der Waals surface area contributed by atoms with E-state index in [-0.39, 0.29) is 44.8 Å². The normalized spacial score (nSPS) is 12.8. The summed E-state index contributed by atoms with van der Waals surface area (Å²) < 4.78 is 33.4. The van der Waals surface area contributed by atoms with Crippen molar-refractivity contribution in [3.63, 3.8) is 0 Å². The minimum absolute atomic E-state index is 0.00643. The number of anilines is 1. The van der Waals surface area contributed by atoms with Crippen LogP contribution in [0.1, 0.15) is 119 Å². The van der Waals surface area contributed by atoms with E-state index >= 15 is 0 Å². The number of esters is 2. The number of carbonyl (C=O) groups is 4. The molecule has 0 aliphatic rings. The van der Waals surface area contributed by atoms with Crippen LogP contribution in [-0.4, -0.2) is 85.2 Å². The molecule has 51 heavy (non-hydrogen) atoms. The van der Waals surface area contributed by atoms with Gasteiger partial charge in [-0.3, -0.25) is 23.7 Å². The number of imidazole rings is 1. The van der Waals surface area contributed by atoms with Crippen molar-refractivity contribution in [1.82, 2.24) is 29.7 Å². The Balaban J connectivity index is 2.18. The van der Waals surface area contributed by atoms with Crippen molar-refractivity contribution in [2.45, 2.75) is 143 Å². The summed E-state index contributed by atoms with van der Waals surface area (Å²) in [7, 11) is -3.86. The number of amides is 1. The van der Waals surface area contributed by atoms with Crippen molar-refractivity contribution >= 4 is 48.2 Å². The predicted octanol–water partition coefficient (Wildman–Crippen LogP) is 5.56. The van der Waals surface area contributed by atoms with Crippen molar-refractivity contribution < 1.29 is 43.1 Å². The van der Waals surface area contributed by atoms with Gasteiger partial charge in [0.25, 0.3) is 0 Å². The van der Waals surface area contributed by atoms with E-state index in [0.717, 1.165) is 51.4 Å². The summed E-state index contributed by atoms with van der Waals surface area (Å²) in [5.74, 6) is -2.36. The summed E-state index contributed by atoms with van der Waals surface area (Å²) in [5.41, 5.74) is -2.06. The Morgan fingerprint density at radius 2 is 1.41 bits per heavy atom. The standard InChI is InChI=1S/C34H58N7O9P/c1-8-10-12-14-19-48-31(45)33(4,5)39-51(47,40-34(6,7)32(46)49-20-15-13-11-9-2)24-50-25(3)21-41-23-37-28-29(35-22-36-30(28)41)38-26(42)17-16-18-27(43)44/h22-23,25H,8-21,24H2,1-7H3,(H,43,44)(H2,39,40,47)(H,35,36,38,42)/t25-/m1/s1. The number of carbonyl (C=O) groups excluding carboxylic acids is 3. The zero-order valence-corrected chi connectivity index (χ0v) is 32.2. The zero-order valence-electron chi connectivity index (χ0n) is 31.3. The van der Waals surface area contributed by atoms with Gasteiger partial charge in [0.2, 0.25) is 13.4 Å². The highest BCUT2D eigenvalue weighted by Crippen LogP contribution is 2.42. The van der Waals surface area contributed by atoms with Crippen LogP contribution in [0.3, 0.4) is 0 Å². The summed E-state index contributed by atoms with van der Waals surface area (Å²) in [4.78, 5) is 62.1. The molecule has 0 saturated carbocycles. The molecule has 288 valence electrons. The number of unbranched alkanes of at least 4 members (excludes halogenated alkanes) is 6. The summed E-state index contributed by atoms with van der Waals surface area (Å²) in [6, 6.07) is 0. The van der Waals surface area contributed by atoms with E-state index in [1.54, 1.807) is 39.2 Å². The highest BCUT2D eigenvalue weighted by atomic mass is 31.2. The van der Waals surface area contributed by atoms with Crippen LogP contribution in [-0.2, 0) is 44.5 Å². The van der Waals surface area contributed by atoms with Gasteiger partial charge < -0.3 is 29.2 Å². The monoisotopic (exact) mass is 739 g/mol. The largest absolute Gasteiger partial charge is 0.481 e. The molecule has 2 aromatic heterocycles. The molecule has 0 aliphatic heterocycles. The highest BCUT2D eigenvalue weighted by molar-refractivity contribution is 7.59. The maximum Gasteiger partial charge on any atom is 0.326 e. The molecule has 16 nitrogen and oxygen atoms in total. The van der Waals surface area contributed by atoms with Crippen molar-refractivity contribution in [2.24, 2.45) is 0 Å². The number of carboxylic acids is 1. The Hall–Kier alpha value is -3.46. The van der Waals surface area contributed by atoms with Crippen LogP contribution >= 0.6 is 7.44 Å². The fourth-order valence-electron chi connectivity index (χ4n) is 5.10. The summed E-state index contributed by atoms with van der Waals surface area (Å²) >= 11 is 0. The van der Waals surface area contributed by atoms with Gasteiger partial charge in [0.15, 0.2) is 17.0 Å². The maximum atomic E-state index is 14.6. The van der Waals surface area contributed by atoms with E-state index in [1.165, 1.54) is 12.7 Å². The molecular formula is C34H58N7O9P. The van der Waals surface area contributed by atoms with Gasteiger partial charge in [-0.05, 0) is 53.9 Å². The van der Waals surface area contributed by atoms with Crippen LogP contribution in [0.15, 0.2) is 12.7 Å². The van der Waals surface area contributed by atoms with E-state index in [9.17, 15) is 23.7 Å². The number of carboxylic acid groups (broad SMARTS) is 1. The number of aliphatic carboxylic acids is 1. The summed E-state index contributed by atoms with van der Waals surface area (Å²) in [5, 5.41) is 17.3. The van der Waals surface area contributed by atoms with Gasteiger partial charge in [-0.15, -0.1) is 0 Å². The Morgan fingerprint density at radius 1 is 0.843 bits per heavy atom. The van der Waals surface area contributed by atoms with Gasteiger partial charge in [-0.25, -0.2) is 25.1 Å². The SMILES string of the molecule is CCCCCCOC(=O)C(C)(C)NP(=O)(CO[C@H](C)Cn1cnc2c(NC(=O)CCCC(=O)O)ncnc21)NC(C)(C)C(=O)OCCCCCC. The molecule has 0 radical (unpaired) electrons. The third-order valence-corrected chi connectivity index (χ3v) is 10.2. The summed E-state index contributed by atoms with van der Waals surface area (Å²) in [6.07, 6.45) is 9.36. The predicted molar refractivity (Wildman–Crippen MR) is 193 cm³/mol. The van der Waals surface area contributed by atoms with Gasteiger partial charge in [0.1, 0.15) is 23.8 Å². The van der Waals surface area contributed by atoms with E-state index in [1.807, 2.05) is 0 Å². The van der Waals surface area contributed by atoms with Crippen LogP contribution in [0.5, 0.6) is 0 Å². The lowest BCUT2D eigenvalue weighted by Gasteiger charge is -2.35. The molecule has 0 unspecified atom stereocenters. The minimum Gasteiger partial charge on any atom is -0.481 e. The molecule has 0 saturated heterocycles. The third kappa shape index (κ3) is 15.4. The van der Waals surface area contributed by atoms with Crippen molar-refractivity contribution in [1.29, 1.82) is 0 Å². The quantitative estimate of drug-likeness (QED) is 0.0529. The fourth-order valence-corrected chi connectivity index (χ4v) is 7.74. The van der Waals surface area contributed by atoms with Gasteiger partial charge in [0.05, 0.1) is 32.2 Å². The van der Waals surface area contributed by atoms with E-state index < -0.39 is 54.8 Å². The van der Waals surface area contributed by atoms with Crippen molar-refractivity contribution in [3.05, 3.63) is 12.7 Å². The first-order valence-corrected chi connectivity index (χ1v) is 19.7. The lowest BCUT2D eigenvalue weighted by molar-refractivity contribution is -0.149. The molecule has 1 atom stereocenters. The van der Waals surface area contributed by atoms with Crippen LogP contribution in [0.4, 0.5) is 5.82 Å². The smallest absolute Gasteiger partial charge is 0.326 e. The molecule has 4 N–H and O–H groups in total. The molecule has 2 heterocycles. The zero-order chi connectivity index (χ0) is 38.1. The number of hydrogen-bond donors (Lipinski definition) is 4. The highest BCUT2D eigenvalue weighted by Gasteiger charge is 2.43. The number of nitrogens with one attached hydrogen (secondary N) is 3. The molecule has 0 fully saturated rings. The average molecular weight is 740 g/mol. The molecule has 0 spiro atoms. The molecule has 1 amide bonds. The van der Waals surface area contributed by atoms with Gasteiger partial charge in [-0.2, -0.15) is 0 Å². The van der Waals surface area contributed by atoms with Gasteiger partial charge in [-0.1, -0.05) is 52.4 Å². The number of ether oxygens (including phenoxy) is 3. The number of nitrogens with zero attached hydrogens (tertiary/aromatic N) is 4. The molecule has 0 bridgehead atoms. The van der Waals surface area contributed by atoms with E-state index in [2.05, 4.69) is 44.3 Å². The molecule has 0 aromatic carbocycles. The minimum atomic E-state index is -3.86. The van der Waals surface area contributed by atoms with Crippen LogP contribution in [0.25, 0.3) is 11.2 Å². The molecule has 17 heteroatoms. The fraction of sp³-hybridized carbons (Fsp3) is 0.735. The lowest BCUT2D eigenvalue weighted by atomic mass is 10.1. The Kier molecular flexibility index (Phi) is 18.1. The number of aromatic nitrogens is 4. The molecular weight excluding hydrogens is 681 g/mol. The topological polar surface area (TPSA) is 213 Å². The van der Waals surface area contributed by atoms with E-state index in [0.29, 0.717) is 11.2 Å². The molecule has 2 rings (SSSR count). The number of fused-ring (bicyclic) bond motifs is 1. The van der Waals surface area contributed by atoms with Crippen LogP contribution in [0.2, 0.25) is 0 Å². The summed E-state index contributed by atoms with van der Waals surface area (Å²) in [6.45, 7) is 12.9. The molecule has 2 aromatic rings. The molecule has 0 aliphatic carbocycles. The number of hydrogen-bond acceptors (Lipinski definition) is 11. The average Bonchev–Trinajstić information content (AvgIpc) is 3.46. The van der Waals surface area contributed by atoms with Crippen molar-refractivity contribution in [2.75, 3.05) is 24.9 Å². The Bertz CT molecular complexity index is 1440. The third-order valence-electron chi connectivity index (χ3n) is 7.85. The first kappa shape index (κ1) is 43.7. The van der Waals surface area contributed by atoms with Crippen LogP contribution in [0, 0.1) is 0 Å². The number of rotatable bonds is 26. The first-order chi connectivity index (χ1) is 24.0. The maximum absolute atomic E-state index is 14.6. The van der Waals surface area contributed by atoms with E-state index in [4.69, 9.17) is 19.3 Å².